The van der Waals surface area contributed by atoms with Gasteiger partial charge in [0.25, 0.3) is 0 Å². The molecule has 43 heavy (non-hydrogen) atoms. The highest BCUT2D eigenvalue weighted by Gasteiger charge is 2.45. The fourth-order valence-corrected chi connectivity index (χ4v) is 4.68. The highest BCUT2D eigenvalue weighted by atomic mass is 16.7. The number of carbonyl (C=O) groups excluding carboxylic acids is 2. The van der Waals surface area contributed by atoms with Crippen LogP contribution in [0.25, 0.3) is 6.08 Å². The van der Waals surface area contributed by atoms with Gasteiger partial charge in [-0.05, 0) is 41.5 Å². The monoisotopic (exact) mass is 596 g/mol. The molecule has 13 nitrogen and oxygen atoms in total. The Kier molecular flexibility index (Phi) is 8.41. The van der Waals surface area contributed by atoms with Gasteiger partial charge in [-0.25, -0.2) is 4.79 Å². The van der Waals surface area contributed by atoms with Gasteiger partial charge in [-0.3, -0.25) is 4.79 Å². The summed E-state index contributed by atoms with van der Waals surface area (Å²) in [5.41, 5.74) is 0.894. The number of esters is 1. The highest BCUT2D eigenvalue weighted by molar-refractivity contribution is 6.02. The van der Waals surface area contributed by atoms with Gasteiger partial charge in [0.2, 0.25) is 6.29 Å². The van der Waals surface area contributed by atoms with Gasteiger partial charge in [-0.15, -0.1) is 0 Å². The lowest BCUT2D eigenvalue weighted by atomic mass is 9.95. The molecule has 0 bridgehead atoms. The van der Waals surface area contributed by atoms with Crippen molar-refractivity contribution in [2.45, 2.75) is 43.2 Å². The summed E-state index contributed by atoms with van der Waals surface area (Å²) in [5.74, 6) is -2.56. The van der Waals surface area contributed by atoms with Crippen molar-refractivity contribution in [3.63, 3.8) is 0 Å². The standard InChI is InChI=1S/C30H28O13/c31-16-5-1-14(2-6-16)3-8-25(36)40-13-24-27(37)28(38)29(39)30(43-24)42-22-9-15(4-7-18(22)33)21-12-20(35)26-19(34)10-17(32)11-23(26)41-21/h1-11,21,24,27-34,37-39H,12-13H2/b8-3+/t21-,24+,27+,28-,29-,30+/m0/s1. The molecule has 5 rings (SSSR count). The third-order valence-corrected chi connectivity index (χ3v) is 6.95. The van der Waals surface area contributed by atoms with E-state index in [0.717, 1.165) is 12.1 Å². The van der Waals surface area contributed by atoms with Gasteiger partial charge in [0.15, 0.2) is 17.3 Å². The molecule has 3 aromatic carbocycles. The molecule has 7 N–H and O–H groups in total. The normalized spacial score (nSPS) is 25.1. The molecule has 1 saturated heterocycles. The number of hydrogen-bond donors (Lipinski definition) is 7. The molecule has 0 saturated carbocycles. The van der Waals surface area contributed by atoms with Crippen LogP contribution in [0.5, 0.6) is 34.5 Å². The number of Topliss-reactive ketones (excluding diaryl/α,β-unsaturated/α-hetero) is 1. The maximum atomic E-state index is 12.7. The molecule has 2 heterocycles. The van der Waals surface area contributed by atoms with Crippen molar-refractivity contribution in [3.05, 3.63) is 77.4 Å². The summed E-state index contributed by atoms with van der Waals surface area (Å²) in [7, 11) is 0. The van der Waals surface area contributed by atoms with Crippen LogP contribution < -0.4 is 9.47 Å². The van der Waals surface area contributed by atoms with Crippen LogP contribution in [0.2, 0.25) is 0 Å². The first kappa shape index (κ1) is 29.7. The Morgan fingerprint density at radius 3 is 2.37 bits per heavy atom. The van der Waals surface area contributed by atoms with E-state index in [4.69, 9.17) is 18.9 Å². The summed E-state index contributed by atoms with van der Waals surface area (Å²) < 4.78 is 22.2. The summed E-state index contributed by atoms with van der Waals surface area (Å²) in [5, 5.41) is 70.9. The number of phenols is 4. The molecule has 2 aliphatic heterocycles. The van der Waals surface area contributed by atoms with E-state index in [1.807, 2.05) is 0 Å². The Labute approximate surface area is 244 Å². The van der Waals surface area contributed by atoms with Crippen LogP contribution in [0.4, 0.5) is 0 Å². The molecule has 1 fully saturated rings. The minimum atomic E-state index is -1.77. The molecule has 0 unspecified atom stereocenters. The molecular weight excluding hydrogens is 568 g/mol. The molecule has 2 aliphatic rings. The molecule has 6 atom stereocenters. The summed E-state index contributed by atoms with van der Waals surface area (Å²) in [6, 6.07) is 12.3. The predicted octanol–water partition coefficient (Wildman–Crippen LogP) is 1.66. The summed E-state index contributed by atoms with van der Waals surface area (Å²) in [6.07, 6.45) is -6.67. The first-order valence-corrected chi connectivity index (χ1v) is 13.1. The van der Waals surface area contributed by atoms with Crippen LogP contribution in [0, 0.1) is 0 Å². The van der Waals surface area contributed by atoms with Crippen molar-refractivity contribution in [1.29, 1.82) is 0 Å². The smallest absolute Gasteiger partial charge is 0.330 e. The number of ketones is 1. The number of ether oxygens (including phenoxy) is 4. The van der Waals surface area contributed by atoms with E-state index in [1.165, 1.54) is 42.5 Å². The molecular formula is C30H28O13. The van der Waals surface area contributed by atoms with Gasteiger partial charge in [-0.2, -0.15) is 0 Å². The van der Waals surface area contributed by atoms with Crippen molar-refractivity contribution >= 4 is 17.8 Å². The molecule has 3 aromatic rings. The highest BCUT2D eigenvalue weighted by Crippen LogP contribution is 2.43. The van der Waals surface area contributed by atoms with E-state index in [1.54, 1.807) is 12.1 Å². The van der Waals surface area contributed by atoms with Crippen LogP contribution in [0.3, 0.4) is 0 Å². The van der Waals surface area contributed by atoms with Crippen LogP contribution >= 0.6 is 0 Å². The van der Waals surface area contributed by atoms with Gasteiger partial charge in [-0.1, -0.05) is 18.2 Å². The van der Waals surface area contributed by atoms with Crippen LogP contribution in [0.1, 0.15) is 34.0 Å². The lowest BCUT2D eigenvalue weighted by molar-refractivity contribution is -0.278. The zero-order valence-electron chi connectivity index (χ0n) is 22.3. The number of benzene rings is 3. The summed E-state index contributed by atoms with van der Waals surface area (Å²) in [6.45, 7) is -0.521. The Balaban J connectivity index is 1.27. The Hall–Kier alpha value is -4.82. The molecule has 0 amide bonds. The summed E-state index contributed by atoms with van der Waals surface area (Å²) in [4.78, 5) is 24.9. The van der Waals surface area contributed by atoms with E-state index in [-0.39, 0.29) is 40.7 Å². The second-order valence-corrected chi connectivity index (χ2v) is 9.99. The van der Waals surface area contributed by atoms with Crippen molar-refractivity contribution < 1.29 is 64.3 Å². The first-order valence-electron chi connectivity index (χ1n) is 13.1. The zero-order chi connectivity index (χ0) is 30.8. The topological polar surface area (TPSA) is 213 Å². The fraction of sp³-hybridized carbons (Fsp3) is 0.267. The molecule has 0 aromatic heterocycles. The number of rotatable bonds is 7. The lowest BCUT2D eigenvalue weighted by Crippen LogP contribution is -2.60. The van der Waals surface area contributed by atoms with E-state index < -0.39 is 60.9 Å². The quantitative estimate of drug-likeness (QED) is 0.153. The van der Waals surface area contributed by atoms with E-state index in [0.29, 0.717) is 11.1 Å². The van der Waals surface area contributed by atoms with E-state index in [2.05, 4.69) is 0 Å². The van der Waals surface area contributed by atoms with Crippen molar-refractivity contribution in [1.82, 2.24) is 0 Å². The maximum Gasteiger partial charge on any atom is 0.330 e. The Morgan fingerprint density at radius 1 is 0.884 bits per heavy atom. The zero-order valence-corrected chi connectivity index (χ0v) is 22.3. The summed E-state index contributed by atoms with van der Waals surface area (Å²) >= 11 is 0. The minimum absolute atomic E-state index is 0.0345. The third-order valence-electron chi connectivity index (χ3n) is 6.95. The number of hydrogen-bond acceptors (Lipinski definition) is 13. The van der Waals surface area contributed by atoms with Gasteiger partial charge >= 0.3 is 5.97 Å². The Bertz CT molecular complexity index is 1530. The van der Waals surface area contributed by atoms with Crippen molar-refractivity contribution in [3.8, 4) is 34.5 Å². The van der Waals surface area contributed by atoms with Gasteiger partial charge in [0, 0.05) is 18.2 Å². The van der Waals surface area contributed by atoms with Crippen molar-refractivity contribution in [2.75, 3.05) is 6.61 Å². The molecule has 13 heteroatoms. The Morgan fingerprint density at radius 2 is 1.63 bits per heavy atom. The maximum absolute atomic E-state index is 12.7. The minimum Gasteiger partial charge on any atom is -0.508 e. The largest absolute Gasteiger partial charge is 0.508 e. The molecule has 0 spiro atoms. The average molecular weight is 597 g/mol. The van der Waals surface area contributed by atoms with E-state index >= 15 is 0 Å². The molecule has 0 radical (unpaired) electrons. The number of phenolic OH excluding ortho intramolecular Hbond substituents is 4. The predicted molar refractivity (Wildman–Crippen MR) is 146 cm³/mol. The SMILES string of the molecule is O=C(/C=C/c1ccc(O)cc1)OC[C@H]1O[C@@H](Oc2cc([C@@H]3CC(=O)c4c(O)cc(O)cc4O3)ccc2O)[C@@H](O)[C@@H](O)[C@@H]1O. The molecule has 226 valence electrons. The van der Waals surface area contributed by atoms with Gasteiger partial charge in [0.05, 0.1) is 6.42 Å². The van der Waals surface area contributed by atoms with Gasteiger partial charge < -0.3 is 54.7 Å². The number of carbonyl (C=O) groups is 2. The number of aromatic hydroxyl groups is 4. The van der Waals surface area contributed by atoms with Crippen LogP contribution in [-0.4, -0.2) is 84.8 Å². The lowest BCUT2D eigenvalue weighted by Gasteiger charge is -2.40. The van der Waals surface area contributed by atoms with Gasteiger partial charge in [0.1, 0.15) is 65.7 Å². The second-order valence-electron chi connectivity index (χ2n) is 9.99. The fourth-order valence-electron chi connectivity index (χ4n) is 4.68. The average Bonchev–Trinajstić information content (AvgIpc) is 2.96. The second kappa shape index (κ2) is 12.2. The molecule has 0 aliphatic carbocycles. The number of aliphatic hydroxyl groups is 3. The third kappa shape index (κ3) is 6.49. The number of aliphatic hydroxyl groups excluding tert-OH is 3. The first-order chi connectivity index (χ1) is 20.5. The number of fused-ring (bicyclic) bond motifs is 1. The van der Waals surface area contributed by atoms with Crippen molar-refractivity contribution in [2.24, 2.45) is 0 Å². The van der Waals surface area contributed by atoms with E-state index in [9.17, 15) is 45.3 Å². The van der Waals surface area contributed by atoms with Crippen LogP contribution in [-0.2, 0) is 14.3 Å². The van der Waals surface area contributed by atoms with Crippen LogP contribution in [0.15, 0.2) is 60.7 Å².